The zero-order valence-corrected chi connectivity index (χ0v) is 52.8. The number of hydrogen-bond acceptors (Lipinski definition) is 6. The lowest BCUT2D eigenvalue weighted by Gasteiger charge is -2.18. The van der Waals surface area contributed by atoms with Gasteiger partial charge in [-0.15, -0.1) is 0 Å². The van der Waals surface area contributed by atoms with Crippen molar-refractivity contribution >= 4 is 43.6 Å². The van der Waals surface area contributed by atoms with Crippen molar-refractivity contribution in [3.8, 4) is 142 Å². The molecule has 0 unspecified atom stereocenters. The quantitative estimate of drug-likeness (QED) is 0.120. The van der Waals surface area contributed by atoms with Gasteiger partial charge in [0.1, 0.15) is 0 Å². The SMILES string of the molecule is N#Cc1cccc(-c2ccc(-c3nc(-c4ccc(-n5c6ccc(-c7ccccc7)cc6c6cc(-c7ccccc7)ccc65)cc4-c4ccccc4C#N)nc(-c4ccc(-n5c6ccc(-c7ccccc7)cc6c6cc(-c7ccccc7)ccc65)cc4-c4ccccc4C#N)n3)cc2)c1. The van der Waals surface area contributed by atoms with Crippen molar-refractivity contribution < 1.29 is 0 Å². The summed E-state index contributed by atoms with van der Waals surface area (Å²) < 4.78 is 4.63. The van der Waals surface area contributed by atoms with E-state index in [2.05, 4.69) is 234 Å². The highest BCUT2D eigenvalue weighted by atomic mass is 15.0. The number of benzene rings is 14. The summed E-state index contributed by atoms with van der Waals surface area (Å²) in [5, 5.41) is 36.3. The van der Waals surface area contributed by atoms with Crippen LogP contribution in [0.1, 0.15) is 16.7 Å². The van der Waals surface area contributed by atoms with Gasteiger partial charge in [0.2, 0.25) is 0 Å². The molecule has 3 heterocycles. The first-order chi connectivity index (χ1) is 48.4. The van der Waals surface area contributed by atoms with Gasteiger partial charge in [-0.2, -0.15) is 15.8 Å². The molecule has 0 amide bonds. The zero-order chi connectivity index (χ0) is 65.6. The first kappa shape index (κ1) is 58.0. The van der Waals surface area contributed by atoms with Crippen LogP contribution in [-0.2, 0) is 0 Å². The minimum atomic E-state index is 0.377. The number of fused-ring (bicyclic) bond motifs is 6. The summed E-state index contributed by atoms with van der Waals surface area (Å²) in [7, 11) is 0. The summed E-state index contributed by atoms with van der Waals surface area (Å²) in [5.74, 6) is 1.16. The Morgan fingerprint density at radius 3 is 0.908 bits per heavy atom. The van der Waals surface area contributed by atoms with Gasteiger partial charge < -0.3 is 9.13 Å². The van der Waals surface area contributed by atoms with Gasteiger partial charge in [0, 0.05) is 60.7 Å². The van der Waals surface area contributed by atoms with Gasteiger partial charge in [-0.3, -0.25) is 0 Å². The minimum Gasteiger partial charge on any atom is -0.309 e. The molecule has 0 bridgehead atoms. The van der Waals surface area contributed by atoms with E-state index in [9.17, 15) is 15.8 Å². The topological polar surface area (TPSA) is 120 Å². The molecular formula is C90H54N8. The van der Waals surface area contributed by atoms with Gasteiger partial charge in [-0.25, -0.2) is 15.0 Å². The molecule has 0 spiro atoms. The van der Waals surface area contributed by atoms with Crippen molar-refractivity contribution in [1.82, 2.24) is 24.1 Å². The fourth-order valence-corrected chi connectivity index (χ4v) is 14.0. The van der Waals surface area contributed by atoms with Crippen LogP contribution < -0.4 is 0 Å². The summed E-state index contributed by atoms with van der Waals surface area (Å²) in [6, 6.07) is 120. The molecule has 14 aromatic carbocycles. The molecule has 0 aliphatic heterocycles. The standard InChI is InChI=1S/C90H54N8/c91-55-58-18-17-29-65(48-58)63-32-34-64(35-33-63)88-94-89(76-42-40-72(53-78(76)74-30-15-13-27-70(74)56-92)97-84-44-36-66(59-19-5-1-6-20-59)49-80(84)81-50-67(37-45-85(81)97)60-21-7-2-8-22-60)96-90(95-88)77-43-41-73(54-79(77)75-31-16-14-28-71(75)57-93)98-86-46-38-68(61-23-9-3-10-24-61)51-82(86)83-52-69(39-47-87(83)98)62-25-11-4-12-26-62/h1-54H. The Bertz CT molecular complexity index is 5610. The first-order valence-corrected chi connectivity index (χ1v) is 32.5. The Labute approximate surface area is 566 Å². The molecule has 0 N–H and O–H groups in total. The van der Waals surface area contributed by atoms with E-state index in [0.29, 0.717) is 56.4 Å². The lowest BCUT2D eigenvalue weighted by atomic mass is 9.93. The second kappa shape index (κ2) is 24.6. The third-order valence-corrected chi connectivity index (χ3v) is 18.7. The van der Waals surface area contributed by atoms with E-state index in [4.69, 9.17) is 15.0 Å². The normalized spacial score (nSPS) is 11.2. The molecule has 3 aromatic heterocycles. The highest BCUT2D eigenvalue weighted by molar-refractivity contribution is 6.13. The smallest absolute Gasteiger partial charge is 0.164 e. The van der Waals surface area contributed by atoms with Gasteiger partial charge in [0.15, 0.2) is 17.5 Å². The molecule has 8 nitrogen and oxygen atoms in total. The van der Waals surface area contributed by atoms with Crippen molar-refractivity contribution in [3.63, 3.8) is 0 Å². The minimum absolute atomic E-state index is 0.377. The van der Waals surface area contributed by atoms with Crippen LogP contribution in [0.4, 0.5) is 0 Å². The maximum atomic E-state index is 11.0. The summed E-state index contributed by atoms with van der Waals surface area (Å²) in [4.78, 5) is 16.5. The lowest BCUT2D eigenvalue weighted by molar-refractivity contribution is 1.07. The highest BCUT2D eigenvalue weighted by Crippen LogP contribution is 2.44. The van der Waals surface area contributed by atoms with Gasteiger partial charge in [0.25, 0.3) is 0 Å². The van der Waals surface area contributed by atoms with Gasteiger partial charge >= 0.3 is 0 Å². The third-order valence-electron chi connectivity index (χ3n) is 18.7. The third kappa shape index (κ3) is 10.4. The molecule has 0 radical (unpaired) electrons. The van der Waals surface area contributed by atoms with Crippen molar-refractivity contribution in [3.05, 3.63) is 344 Å². The Balaban J connectivity index is 0.895. The van der Waals surface area contributed by atoms with Crippen molar-refractivity contribution in [2.75, 3.05) is 0 Å². The molecule has 0 saturated heterocycles. The average Bonchev–Trinajstić information content (AvgIpc) is 1.56. The van der Waals surface area contributed by atoms with Crippen LogP contribution in [0.25, 0.3) is 167 Å². The zero-order valence-electron chi connectivity index (χ0n) is 52.8. The van der Waals surface area contributed by atoms with Crippen LogP contribution in [0.3, 0.4) is 0 Å². The number of aromatic nitrogens is 5. The van der Waals surface area contributed by atoms with Crippen LogP contribution in [0.2, 0.25) is 0 Å². The predicted octanol–water partition coefficient (Wildman–Crippen LogP) is 22.4. The highest BCUT2D eigenvalue weighted by Gasteiger charge is 2.25. The van der Waals surface area contributed by atoms with E-state index >= 15 is 0 Å². The lowest BCUT2D eigenvalue weighted by Crippen LogP contribution is -2.04. The maximum Gasteiger partial charge on any atom is 0.164 e. The van der Waals surface area contributed by atoms with E-state index in [1.807, 2.05) is 115 Å². The summed E-state index contributed by atoms with van der Waals surface area (Å²) >= 11 is 0. The molecule has 0 aliphatic carbocycles. The van der Waals surface area contributed by atoms with Crippen LogP contribution in [0.5, 0.6) is 0 Å². The average molecular weight is 1250 g/mol. The van der Waals surface area contributed by atoms with Gasteiger partial charge in [0.05, 0.1) is 57.0 Å². The molecule has 0 aliphatic rings. The van der Waals surface area contributed by atoms with Crippen molar-refractivity contribution in [1.29, 1.82) is 15.8 Å². The molecule has 0 saturated carbocycles. The van der Waals surface area contributed by atoms with E-state index in [1.165, 1.54) is 0 Å². The molecule has 98 heavy (non-hydrogen) atoms. The van der Waals surface area contributed by atoms with E-state index in [0.717, 1.165) is 127 Å². The fourth-order valence-electron chi connectivity index (χ4n) is 14.0. The Kier molecular flexibility index (Phi) is 14.5. The summed E-state index contributed by atoms with van der Waals surface area (Å²) in [6.07, 6.45) is 0. The van der Waals surface area contributed by atoms with Gasteiger partial charge in [-0.1, -0.05) is 218 Å². The predicted molar refractivity (Wildman–Crippen MR) is 397 cm³/mol. The molecule has 17 aromatic rings. The number of nitriles is 3. The molecule has 0 atom stereocenters. The van der Waals surface area contributed by atoms with Crippen molar-refractivity contribution in [2.24, 2.45) is 0 Å². The maximum absolute atomic E-state index is 11.0. The Morgan fingerprint density at radius 2 is 0.531 bits per heavy atom. The summed E-state index contributed by atoms with van der Waals surface area (Å²) in [6.45, 7) is 0. The second-order valence-corrected chi connectivity index (χ2v) is 24.4. The first-order valence-electron chi connectivity index (χ1n) is 32.5. The summed E-state index contributed by atoms with van der Waals surface area (Å²) in [5.41, 5.74) is 23.2. The fraction of sp³-hybridized carbons (Fsp3) is 0. The molecule has 0 fully saturated rings. The Hall–Kier alpha value is -13.8. The molecule has 454 valence electrons. The van der Waals surface area contributed by atoms with E-state index in [1.54, 1.807) is 6.07 Å². The molecule has 17 rings (SSSR count). The molecule has 8 heteroatoms. The Morgan fingerprint density at radius 1 is 0.214 bits per heavy atom. The van der Waals surface area contributed by atoms with Crippen LogP contribution in [0.15, 0.2) is 328 Å². The van der Waals surface area contributed by atoms with E-state index < -0.39 is 0 Å². The second-order valence-electron chi connectivity index (χ2n) is 24.4. The molecular weight excluding hydrogens is 1190 g/mol. The van der Waals surface area contributed by atoms with E-state index in [-0.39, 0.29) is 0 Å². The monoisotopic (exact) mass is 1250 g/mol. The van der Waals surface area contributed by atoms with Crippen molar-refractivity contribution in [2.45, 2.75) is 0 Å². The van der Waals surface area contributed by atoms with Crippen LogP contribution >= 0.6 is 0 Å². The number of nitrogens with zero attached hydrogens (tertiary/aromatic N) is 8. The van der Waals surface area contributed by atoms with Crippen LogP contribution in [0, 0.1) is 34.0 Å². The largest absolute Gasteiger partial charge is 0.309 e. The number of hydrogen-bond donors (Lipinski definition) is 0. The van der Waals surface area contributed by atoms with Gasteiger partial charge in [-0.05, 0) is 176 Å². The number of rotatable bonds is 12. The van der Waals surface area contributed by atoms with Crippen LogP contribution in [-0.4, -0.2) is 24.1 Å².